The lowest BCUT2D eigenvalue weighted by Gasteiger charge is -2.13. The molecule has 0 fully saturated rings. The fourth-order valence-corrected chi connectivity index (χ4v) is 3.98. The number of aromatic amines is 2. The van der Waals surface area contributed by atoms with E-state index in [-0.39, 0.29) is 0 Å². The number of rotatable bonds is 6. The second-order valence-electron chi connectivity index (χ2n) is 8.99. The number of imidazole rings is 2. The van der Waals surface area contributed by atoms with Crippen molar-refractivity contribution in [3.63, 3.8) is 0 Å². The molecule has 0 saturated heterocycles. The number of anilines is 1. The molecule has 0 aromatic carbocycles. The van der Waals surface area contributed by atoms with Crippen molar-refractivity contribution in [2.45, 2.75) is 20.8 Å². The molecule has 6 aromatic heterocycles. The van der Waals surface area contributed by atoms with Gasteiger partial charge in [0.15, 0.2) is 11.5 Å². The Hall–Kier alpha value is -4.86. The quantitative estimate of drug-likeness (QED) is 0.308. The van der Waals surface area contributed by atoms with Crippen LogP contribution in [0.1, 0.15) is 19.5 Å². The third kappa shape index (κ3) is 3.78. The minimum atomic E-state index is 0.314. The minimum Gasteiger partial charge on any atom is -0.358 e. The predicted octanol–water partition coefficient (Wildman–Crippen LogP) is 5.03. The van der Waals surface area contributed by atoms with Gasteiger partial charge in [0, 0.05) is 23.7 Å². The molecule has 0 unspecified atom stereocenters. The molecule has 3 N–H and O–H groups in total. The largest absolute Gasteiger partial charge is 0.358 e. The number of fused-ring (bicyclic) bond motifs is 2. The first-order chi connectivity index (χ1) is 17.5. The van der Waals surface area contributed by atoms with Gasteiger partial charge in [0.25, 0.3) is 0 Å². The van der Waals surface area contributed by atoms with E-state index in [4.69, 9.17) is 9.97 Å². The Morgan fingerprint density at radius 3 is 2.69 bits per heavy atom. The van der Waals surface area contributed by atoms with E-state index in [2.05, 4.69) is 55.9 Å². The van der Waals surface area contributed by atoms with Crippen molar-refractivity contribution in [3.8, 4) is 28.5 Å². The zero-order valence-electron chi connectivity index (χ0n) is 20.1. The summed E-state index contributed by atoms with van der Waals surface area (Å²) in [5.41, 5.74) is 8.95. The van der Waals surface area contributed by atoms with Crippen molar-refractivity contribution in [2.75, 3.05) is 5.32 Å². The van der Waals surface area contributed by atoms with Gasteiger partial charge in [0.1, 0.15) is 11.0 Å². The molecular weight excluding hydrogens is 452 g/mol. The van der Waals surface area contributed by atoms with Crippen LogP contribution in [0.3, 0.4) is 0 Å². The molecule has 6 aromatic rings. The van der Waals surface area contributed by atoms with E-state index < -0.39 is 0 Å². The van der Waals surface area contributed by atoms with Gasteiger partial charge in [0.2, 0.25) is 0 Å². The molecular formula is C26H24N10. The van der Waals surface area contributed by atoms with Gasteiger partial charge in [-0.15, -0.1) is 0 Å². The zero-order chi connectivity index (χ0) is 24.8. The highest BCUT2D eigenvalue weighted by molar-refractivity contribution is 5.93. The van der Waals surface area contributed by atoms with E-state index in [1.807, 2.05) is 35.9 Å². The number of pyridine rings is 3. The van der Waals surface area contributed by atoms with Crippen LogP contribution < -0.4 is 5.32 Å². The highest BCUT2D eigenvalue weighted by Gasteiger charge is 2.17. The molecule has 0 aliphatic rings. The van der Waals surface area contributed by atoms with Crippen molar-refractivity contribution in [2.24, 2.45) is 5.92 Å². The van der Waals surface area contributed by atoms with Crippen LogP contribution in [0.15, 0.2) is 67.8 Å². The van der Waals surface area contributed by atoms with E-state index in [1.165, 1.54) is 0 Å². The van der Waals surface area contributed by atoms with Gasteiger partial charge < -0.3 is 14.9 Å². The first kappa shape index (κ1) is 21.7. The predicted molar refractivity (Wildman–Crippen MR) is 139 cm³/mol. The normalized spacial score (nSPS) is 11.6. The van der Waals surface area contributed by atoms with Crippen LogP contribution in [-0.4, -0.2) is 44.7 Å². The smallest absolute Gasteiger partial charge is 0.161 e. The van der Waals surface area contributed by atoms with Crippen LogP contribution in [0.4, 0.5) is 5.69 Å². The second kappa shape index (κ2) is 8.42. The topological polar surface area (TPSA) is 126 Å². The molecule has 6 heterocycles. The SMILES string of the molecule is C=C(Nc1cncc(-c2ccc3[nH]nc(-c4nc5c(-n6cnc(C)c6)cncc5[nH]4)c3n2)c1)C(C)C. The van der Waals surface area contributed by atoms with Gasteiger partial charge in [-0.1, -0.05) is 20.4 Å². The lowest BCUT2D eigenvalue weighted by molar-refractivity contribution is 0.778. The van der Waals surface area contributed by atoms with Gasteiger partial charge in [-0.2, -0.15) is 5.10 Å². The molecule has 10 heteroatoms. The number of hydrogen-bond acceptors (Lipinski definition) is 7. The van der Waals surface area contributed by atoms with E-state index in [1.54, 1.807) is 31.1 Å². The van der Waals surface area contributed by atoms with Crippen molar-refractivity contribution >= 4 is 27.8 Å². The van der Waals surface area contributed by atoms with E-state index in [0.29, 0.717) is 23.0 Å². The maximum atomic E-state index is 4.92. The van der Waals surface area contributed by atoms with Crippen molar-refractivity contribution in [1.29, 1.82) is 0 Å². The fraction of sp³-hybridized carbons (Fsp3) is 0.154. The first-order valence-electron chi connectivity index (χ1n) is 11.6. The molecule has 0 radical (unpaired) electrons. The lowest BCUT2D eigenvalue weighted by Crippen LogP contribution is -2.04. The zero-order valence-corrected chi connectivity index (χ0v) is 20.1. The molecule has 0 saturated carbocycles. The average molecular weight is 477 g/mol. The number of nitrogens with zero attached hydrogens (tertiary/aromatic N) is 7. The molecule has 0 aliphatic heterocycles. The third-order valence-corrected chi connectivity index (χ3v) is 6.03. The summed E-state index contributed by atoms with van der Waals surface area (Å²) in [6.45, 7) is 10.2. The molecule has 10 nitrogen and oxygen atoms in total. The van der Waals surface area contributed by atoms with Crippen LogP contribution in [0.25, 0.3) is 50.5 Å². The van der Waals surface area contributed by atoms with Crippen molar-refractivity contribution in [3.05, 3.63) is 73.5 Å². The van der Waals surface area contributed by atoms with Gasteiger partial charge in [-0.05, 0) is 31.0 Å². The second-order valence-corrected chi connectivity index (χ2v) is 8.99. The molecule has 0 amide bonds. The highest BCUT2D eigenvalue weighted by atomic mass is 15.2. The summed E-state index contributed by atoms with van der Waals surface area (Å²) in [5.74, 6) is 0.919. The first-order valence-corrected chi connectivity index (χ1v) is 11.6. The molecule has 0 spiro atoms. The summed E-state index contributed by atoms with van der Waals surface area (Å²) in [7, 11) is 0. The van der Waals surface area contributed by atoms with Gasteiger partial charge in [-0.25, -0.2) is 15.0 Å². The number of aryl methyl sites for hydroxylation is 1. The minimum absolute atomic E-state index is 0.314. The van der Waals surface area contributed by atoms with Crippen LogP contribution in [0.2, 0.25) is 0 Å². The molecule has 0 atom stereocenters. The Kier molecular flexibility index (Phi) is 5.06. The van der Waals surface area contributed by atoms with Gasteiger partial charge in [-0.3, -0.25) is 15.1 Å². The number of hydrogen-bond donors (Lipinski definition) is 3. The van der Waals surface area contributed by atoms with Gasteiger partial charge in [0.05, 0.1) is 58.7 Å². The summed E-state index contributed by atoms with van der Waals surface area (Å²) >= 11 is 0. The summed E-state index contributed by atoms with van der Waals surface area (Å²) in [6, 6.07) is 5.93. The van der Waals surface area contributed by atoms with Crippen molar-refractivity contribution in [1.82, 2.24) is 44.7 Å². The molecule has 6 rings (SSSR count). The average Bonchev–Trinajstić information content (AvgIpc) is 3.61. The summed E-state index contributed by atoms with van der Waals surface area (Å²) in [4.78, 5) is 26.2. The summed E-state index contributed by atoms with van der Waals surface area (Å²) < 4.78 is 1.91. The molecule has 178 valence electrons. The standard InChI is InChI=1S/C26H24N10/c1-14(2)16(4)30-18-7-17(8-27-9-18)19-5-6-20-24(31-19)25(35-34-20)26-32-21-10-28-11-22(23(21)33-26)36-12-15(3)29-13-36/h5-14,30H,4H2,1-3H3,(H,32,33)(H,34,35). The van der Waals surface area contributed by atoms with Crippen LogP contribution in [0, 0.1) is 12.8 Å². The number of nitrogens with one attached hydrogen (secondary N) is 3. The Morgan fingerprint density at radius 2 is 1.89 bits per heavy atom. The summed E-state index contributed by atoms with van der Waals surface area (Å²) in [6.07, 6.45) is 10.8. The molecule has 0 aliphatic carbocycles. The third-order valence-electron chi connectivity index (χ3n) is 6.03. The Morgan fingerprint density at radius 1 is 1.03 bits per heavy atom. The van der Waals surface area contributed by atoms with E-state index in [9.17, 15) is 0 Å². The fourth-order valence-electron chi connectivity index (χ4n) is 3.98. The highest BCUT2D eigenvalue weighted by Crippen LogP contribution is 2.29. The molecule has 0 bridgehead atoms. The van der Waals surface area contributed by atoms with E-state index in [0.717, 1.165) is 50.6 Å². The Labute approximate surface area is 206 Å². The monoisotopic (exact) mass is 476 g/mol. The lowest BCUT2D eigenvalue weighted by atomic mass is 10.1. The number of allylic oxidation sites excluding steroid dienone is 1. The summed E-state index contributed by atoms with van der Waals surface area (Å²) in [5, 5.41) is 10.9. The Bertz CT molecular complexity index is 1740. The maximum Gasteiger partial charge on any atom is 0.161 e. The maximum absolute atomic E-state index is 4.92. The Balaban J connectivity index is 1.41. The van der Waals surface area contributed by atoms with Crippen LogP contribution >= 0.6 is 0 Å². The van der Waals surface area contributed by atoms with Crippen LogP contribution in [0.5, 0.6) is 0 Å². The van der Waals surface area contributed by atoms with E-state index >= 15 is 0 Å². The van der Waals surface area contributed by atoms with Gasteiger partial charge >= 0.3 is 0 Å². The number of H-pyrrole nitrogens is 2. The van der Waals surface area contributed by atoms with Crippen molar-refractivity contribution < 1.29 is 0 Å². The number of aromatic nitrogens is 9. The van der Waals surface area contributed by atoms with Crippen LogP contribution in [-0.2, 0) is 0 Å². The molecule has 36 heavy (non-hydrogen) atoms.